The maximum atomic E-state index is 5.90. The molecule has 0 amide bonds. The van der Waals surface area contributed by atoms with E-state index in [4.69, 9.17) is 16.0 Å². The second-order valence-electron chi connectivity index (χ2n) is 2.71. The summed E-state index contributed by atoms with van der Waals surface area (Å²) in [6, 6.07) is 0. The van der Waals surface area contributed by atoms with Crippen LogP contribution in [0.15, 0.2) is 4.42 Å². The van der Waals surface area contributed by atoms with Gasteiger partial charge in [0.15, 0.2) is 10.7 Å². The predicted octanol–water partition coefficient (Wildman–Crippen LogP) is 3.10. The van der Waals surface area contributed by atoms with Crippen LogP contribution in [0, 0.1) is 17.4 Å². The van der Waals surface area contributed by atoms with Gasteiger partial charge in [-0.25, -0.2) is 9.97 Å². The first-order valence-electron chi connectivity index (χ1n) is 3.68. The molecule has 0 bridgehead atoms. The molecular formula is C8H6ClIN2O. The fraction of sp³-hybridized carbons (Fsp3) is 0.250. The number of nitrogens with zero attached hydrogens (tertiary/aromatic N) is 2. The predicted molar refractivity (Wildman–Crippen MR) is 59.0 cm³/mol. The molecule has 0 fully saturated rings. The highest BCUT2D eigenvalue weighted by Crippen LogP contribution is 2.29. The number of halogens is 2. The number of hydrogen-bond donors (Lipinski definition) is 0. The van der Waals surface area contributed by atoms with Crippen LogP contribution >= 0.6 is 34.2 Å². The molecule has 0 aliphatic rings. The first-order chi connectivity index (χ1) is 6.09. The SMILES string of the molecule is Cc1nc(Cl)c2oc(C)c(I)c2n1. The Morgan fingerprint density at radius 3 is 2.69 bits per heavy atom. The second-order valence-corrected chi connectivity index (χ2v) is 4.15. The van der Waals surface area contributed by atoms with E-state index in [0.717, 1.165) is 14.8 Å². The molecule has 0 aromatic carbocycles. The van der Waals surface area contributed by atoms with Crippen LogP contribution in [0.2, 0.25) is 5.15 Å². The first-order valence-corrected chi connectivity index (χ1v) is 5.14. The van der Waals surface area contributed by atoms with Gasteiger partial charge in [0.25, 0.3) is 0 Å². The molecule has 2 aromatic heterocycles. The van der Waals surface area contributed by atoms with Gasteiger partial charge in [0.1, 0.15) is 17.1 Å². The third-order valence-electron chi connectivity index (χ3n) is 1.71. The summed E-state index contributed by atoms with van der Waals surface area (Å²) < 4.78 is 6.42. The molecule has 0 saturated heterocycles. The topological polar surface area (TPSA) is 38.9 Å². The number of fused-ring (bicyclic) bond motifs is 1. The lowest BCUT2D eigenvalue weighted by Crippen LogP contribution is -1.88. The third kappa shape index (κ3) is 1.42. The van der Waals surface area contributed by atoms with Crippen LogP contribution in [0.3, 0.4) is 0 Å². The van der Waals surface area contributed by atoms with Crippen molar-refractivity contribution in [2.75, 3.05) is 0 Å². The summed E-state index contributed by atoms with van der Waals surface area (Å²) >= 11 is 8.09. The molecule has 0 spiro atoms. The Morgan fingerprint density at radius 1 is 1.31 bits per heavy atom. The van der Waals surface area contributed by atoms with Crippen LogP contribution in [0.1, 0.15) is 11.6 Å². The van der Waals surface area contributed by atoms with Gasteiger partial charge in [-0.1, -0.05) is 11.6 Å². The number of furan rings is 1. The smallest absolute Gasteiger partial charge is 0.191 e. The number of rotatable bonds is 0. The van der Waals surface area contributed by atoms with E-state index in [1.54, 1.807) is 0 Å². The van der Waals surface area contributed by atoms with Crippen molar-refractivity contribution >= 4 is 45.3 Å². The van der Waals surface area contributed by atoms with Crippen molar-refractivity contribution < 1.29 is 4.42 Å². The minimum atomic E-state index is 0.383. The maximum Gasteiger partial charge on any atom is 0.191 e. The van der Waals surface area contributed by atoms with Crippen LogP contribution in [-0.2, 0) is 0 Å². The number of aromatic nitrogens is 2. The molecule has 68 valence electrons. The molecule has 2 rings (SSSR count). The second kappa shape index (κ2) is 3.09. The van der Waals surface area contributed by atoms with Crippen molar-refractivity contribution in [2.24, 2.45) is 0 Å². The van der Waals surface area contributed by atoms with Crippen molar-refractivity contribution in [2.45, 2.75) is 13.8 Å². The summed E-state index contributed by atoms with van der Waals surface area (Å²) in [4.78, 5) is 8.27. The Labute approximate surface area is 93.6 Å². The monoisotopic (exact) mass is 308 g/mol. The quantitative estimate of drug-likeness (QED) is 0.554. The largest absolute Gasteiger partial charge is 0.455 e. The fourth-order valence-electron chi connectivity index (χ4n) is 1.13. The van der Waals surface area contributed by atoms with Crippen LogP contribution in [-0.4, -0.2) is 9.97 Å². The summed E-state index contributed by atoms with van der Waals surface area (Å²) in [6.45, 7) is 3.69. The zero-order valence-electron chi connectivity index (χ0n) is 7.06. The lowest BCUT2D eigenvalue weighted by Gasteiger charge is -1.93. The van der Waals surface area contributed by atoms with E-state index >= 15 is 0 Å². The Hall–Kier alpha value is -0.360. The van der Waals surface area contributed by atoms with Gasteiger partial charge in [0.05, 0.1) is 3.57 Å². The minimum absolute atomic E-state index is 0.383. The Balaban J connectivity index is 2.94. The van der Waals surface area contributed by atoms with E-state index in [2.05, 4.69) is 32.6 Å². The first kappa shape index (κ1) is 9.21. The highest BCUT2D eigenvalue weighted by molar-refractivity contribution is 14.1. The average Bonchev–Trinajstić information content (AvgIpc) is 2.32. The van der Waals surface area contributed by atoms with E-state index < -0.39 is 0 Å². The zero-order valence-corrected chi connectivity index (χ0v) is 9.97. The molecule has 13 heavy (non-hydrogen) atoms. The molecule has 0 aliphatic carbocycles. The molecule has 0 saturated carbocycles. The maximum absolute atomic E-state index is 5.90. The average molecular weight is 309 g/mol. The molecule has 0 radical (unpaired) electrons. The molecule has 5 heteroatoms. The molecule has 3 nitrogen and oxygen atoms in total. The molecule has 0 aliphatic heterocycles. The Kier molecular flexibility index (Phi) is 2.19. The molecular weight excluding hydrogens is 302 g/mol. The standard InChI is InChI=1S/C8H6ClIN2O/c1-3-5(10)6-7(13-3)8(9)12-4(2)11-6/h1-2H3. The van der Waals surface area contributed by atoms with E-state index in [9.17, 15) is 0 Å². The van der Waals surface area contributed by atoms with Crippen molar-refractivity contribution in [3.63, 3.8) is 0 Å². The van der Waals surface area contributed by atoms with Crippen molar-refractivity contribution in [1.82, 2.24) is 9.97 Å². The molecule has 0 N–H and O–H groups in total. The number of hydrogen-bond acceptors (Lipinski definition) is 3. The van der Waals surface area contributed by atoms with E-state index in [1.165, 1.54) is 0 Å². The lowest BCUT2D eigenvalue weighted by atomic mass is 10.4. The highest BCUT2D eigenvalue weighted by atomic mass is 127. The van der Waals surface area contributed by atoms with E-state index in [-0.39, 0.29) is 0 Å². The van der Waals surface area contributed by atoms with Crippen LogP contribution < -0.4 is 0 Å². The summed E-state index contributed by atoms with van der Waals surface area (Å²) in [6.07, 6.45) is 0. The number of aryl methyl sites for hydroxylation is 2. The Bertz CT molecular complexity index is 480. The lowest BCUT2D eigenvalue weighted by molar-refractivity contribution is 0.574. The van der Waals surface area contributed by atoms with Gasteiger partial charge in [0.2, 0.25) is 0 Å². The Morgan fingerprint density at radius 2 is 2.00 bits per heavy atom. The van der Waals surface area contributed by atoms with Gasteiger partial charge < -0.3 is 4.42 Å². The van der Waals surface area contributed by atoms with Gasteiger partial charge >= 0.3 is 0 Å². The van der Waals surface area contributed by atoms with Crippen LogP contribution in [0.25, 0.3) is 11.1 Å². The third-order valence-corrected chi connectivity index (χ3v) is 3.23. The summed E-state index contributed by atoms with van der Waals surface area (Å²) in [5, 5.41) is 0.383. The summed E-state index contributed by atoms with van der Waals surface area (Å²) in [7, 11) is 0. The zero-order chi connectivity index (χ0) is 9.59. The summed E-state index contributed by atoms with van der Waals surface area (Å²) in [5.74, 6) is 1.49. The molecule has 0 atom stereocenters. The molecule has 2 aromatic rings. The van der Waals surface area contributed by atoms with Crippen molar-refractivity contribution in [3.8, 4) is 0 Å². The van der Waals surface area contributed by atoms with Gasteiger partial charge in [-0.05, 0) is 36.4 Å². The summed E-state index contributed by atoms with van der Waals surface area (Å²) in [5.41, 5.74) is 1.38. The van der Waals surface area contributed by atoms with Crippen LogP contribution in [0.5, 0.6) is 0 Å². The normalized spacial score (nSPS) is 11.1. The van der Waals surface area contributed by atoms with E-state index in [0.29, 0.717) is 16.6 Å². The van der Waals surface area contributed by atoms with Gasteiger partial charge in [-0.15, -0.1) is 0 Å². The van der Waals surface area contributed by atoms with Crippen molar-refractivity contribution in [3.05, 3.63) is 20.3 Å². The molecule has 2 heterocycles. The van der Waals surface area contributed by atoms with Gasteiger partial charge in [-0.2, -0.15) is 0 Å². The van der Waals surface area contributed by atoms with Gasteiger partial charge in [-0.3, -0.25) is 0 Å². The van der Waals surface area contributed by atoms with Crippen molar-refractivity contribution in [1.29, 1.82) is 0 Å². The van der Waals surface area contributed by atoms with Crippen LogP contribution in [0.4, 0.5) is 0 Å². The minimum Gasteiger partial charge on any atom is -0.455 e. The van der Waals surface area contributed by atoms with E-state index in [1.807, 2.05) is 13.8 Å². The highest BCUT2D eigenvalue weighted by Gasteiger charge is 2.13. The molecule has 0 unspecified atom stereocenters. The van der Waals surface area contributed by atoms with Gasteiger partial charge in [0, 0.05) is 0 Å². The fourth-order valence-corrected chi connectivity index (χ4v) is 1.86.